The Labute approximate surface area is 73.9 Å². The summed E-state index contributed by atoms with van der Waals surface area (Å²) in [5.74, 6) is 0.796. The van der Waals surface area contributed by atoms with E-state index in [0.29, 0.717) is 12.3 Å². The molecule has 0 aliphatic carbocycles. The molecule has 1 rings (SSSR count). The van der Waals surface area contributed by atoms with Gasteiger partial charge in [0.15, 0.2) is 0 Å². The summed E-state index contributed by atoms with van der Waals surface area (Å²) >= 11 is 0. The number of carbonyl (C=O) groups excluding carboxylic acids is 1. The molecular formula is C9H18N2O. The van der Waals surface area contributed by atoms with Crippen molar-refractivity contribution in [2.75, 3.05) is 19.6 Å². The summed E-state index contributed by atoms with van der Waals surface area (Å²) in [6.45, 7) is 4.90. The van der Waals surface area contributed by atoms with E-state index in [1.54, 1.807) is 0 Å². The van der Waals surface area contributed by atoms with Crippen molar-refractivity contribution in [3.05, 3.63) is 0 Å². The number of amides is 1. The van der Waals surface area contributed by atoms with Crippen LogP contribution in [0.4, 0.5) is 0 Å². The van der Waals surface area contributed by atoms with Gasteiger partial charge in [0.1, 0.15) is 0 Å². The molecule has 1 aliphatic rings. The first-order valence-corrected chi connectivity index (χ1v) is 4.76. The van der Waals surface area contributed by atoms with Gasteiger partial charge in [-0.15, -0.1) is 0 Å². The molecule has 0 spiro atoms. The van der Waals surface area contributed by atoms with E-state index in [1.165, 1.54) is 12.8 Å². The maximum Gasteiger partial charge on any atom is 0.221 e. The Morgan fingerprint density at radius 2 is 2.25 bits per heavy atom. The summed E-state index contributed by atoms with van der Waals surface area (Å²) in [5, 5.41) is 6.17. The number of rotatable bonds is 0. The molecule has 70 valence electrons. The average molecular weight is 170 g/mol. The summed E-state index contributed by atoms with van der Waals surface area (Å²) in [4.78, 5) is 11.1. The fraction of sp³-hybridized carbons (Fsp3) is 0.889. The molecule has 1 fully saturated rings. The van der Waals surface area contributed by atoms with Gasteiger partial charge in [-0.05, 0) is 25.3 Å². The van der Waals surface area contributed by atoms with Crippen LogP contribution in [0.15, 0.2) is 0 Å². The lowest BCUT2D eigenvalue weighted by Gasteiger charge is -2.15. The van der Waals surface area contributed by atoms with Crippen LogP contribution in [-0.4, -0.2) is 25.5 Å². The minimum Gasteiger partial charge on any atom is -0.356 e. The summed E-state index contributed by atoms with van der Waals surface area (Å²) in [5.41, 5.74) is 0. The Bertz CT molecular complexity index is 147. The molecule has 12 heavy (non-hydrogen) atoms. The van der Waals surface area contributed by atoms with Crippen molar-refractivity contribution in [3.63, 3.8) is 0 Å². The van der Waals surface area contributed by atoms with E-state index in [0.717, 1.165) is 19.6 Å². The maximum absolute atomic E-state index is 11.1. The molecule has 0 saturated carbocycles. The van der Waals surface area contributed by atoms with Gasteiger partial charge in [-0.1, -0.05) is 6.92 Å². The van der Waals surface area contributed by atoms with E-state index in [1.807, 2.05) is 0 Å². The molecule has 0 aromatic carbocycles. The molecular weight excluding hydrogens is 152 g/mol. The van der Waals surface area contributed by atoms with E-state index >= 15 is 0 Å². The fourth-order valence-corrected chi connectivity index (χ4v) is 1.38. The van der Waals surface area contributed by atoms with Gasteiger partial charge < -0.3 is 10.6 Å². The summed E-state index contributed by atoms with van der Waals surface area (Å²) in [6, 6.07) is 0. The van der Waals surface area contributed by atoms with Crippen LogP contribution in [0, 0.1) is 5.92 Å². The monoisotopic (exact) mass is 170 g/mol. The topological polar surface area (TPSA) is 41.1 Å². The molecule has 2 N–H and O–H groups in total. The predicted octanol–water partition coefficient (Wildman–Crippen LogP) is 0.512. The first kappa shape index (κ1) is 9.52. The second-order valence-corrected chi connectivity index (χ2v) is 3.55. The molecule has 0 unspecified atom stereocenters. The van der Waals surface area contributed by atoms with Gasteiger partial charge in [-0.3, -0.25) is 4.79 Å². The number of hydrogen-bond acceptors (Lipinski definition) is 2. The van der Waals surface area contributed by atoms with Crippen molar-refractivity contribution in [2.45, 2.75) is 26.2 Å². The number of carbonyl (C=O) groups is 1. The Morgan fingerprint density at radius 3 is 3.08 bits per heavy atom. The lowest BCUT2D eigenvalue weighted by atomic mass is 10.1. The highest BCUT2D eigenvalue weighted by Crippen LogP contribution is 2.03. The van der Waals surface area contributed by atoms with Crippen LogP contribution in [0.3, 0.4) is 0 Å². The van der Waals surface area contributed by atoms with Crippen LogP contribution < -0.4 is 10.6 Å². The molecule has 0 aromatic heterocycles. The van der Waals surface area contributed by atoms with Crippen molar-refractivity contribution in [2.24, 2.45) is 5.92 Å². The van der Waals surface area contributed by atoms with E-state index < -0.39 is 0 Å². The Hall–Kier alpha value is -0.570. The Morgan fingerprint density at radius 1 is 1.42 bits per heavy atom. The highest BCUT2D eigenvalue weighted by Gasteiger charge is 2.07. The van der Waals surface area contributed by atoms with Gasteiger partial charge in [-0.2, -0.15) is 0 Å². The zero-order valence-electron chi connectivity index (χ0n) is 7.73. The van der Waals surface area contributed by atoms with Crippen LogP contribution in [0.5, 0.6) is 0 Å². The van der Waals surface area contributed by atoms with Gasteiger partial charge in [0.25, 0.3) is 0 Å². The highest BCUT2D eigenvalue weighted by atomic mass is 16.1. The molecule has 1 atom stereocenters. The fourth-order valence-electron chi connectivity index (χ4n) is 1.38. The van der Waals surface area contributed by atoms with Crippen LogP contribution in [0.2, 0.25) is 0 Å². The molecule has 1 saturated heterocycles. The number of hydrogen-bond donors (Lipinski definition) is 2. The van der Waals surface area contributed by atoms with Crippen LogP contribution in [0.1, 0.15) is 26.2 Å². The second-order valence-electron chi connectivity index (χ2n) is 3.55. The standard InChI is InChI=1S/C9H18N2O/c1-8-3-2-5-10-6-4-9(12)11-7-8/h8,10H,2-7H2,1H3,(H,11,12)/t8-/m1/s1. The third-order valence-corrected chi connectivity index (χ3v) is 2.23. The van der Waals surface area contributed by atoms with Gasteiger partial charge >= 0.3 is 0 Å². The first-order chi connectivity index (χ1) is 5.79. The van der Waals surface area contributed by atoms with E-state index in [-0.39, 0.29) is 5.91 Å². The van der Waals surface area contributed by atoms with Crippen molar-refractivity contribution >= 4 is 5.91 Å². The third kappa shape index (κ3) is 3.72. The highest BCUT2D eigenvalue weighted by molar-refractivity contribution is 5.76. The van der Waals surface area contributed by atoms with Crippen LogP contribution in [-0.2, 0) is 4.79 Å². The van der Waals surface area contributed by atoms with Crippen molar-refractivity contribution < 1.29 is 4.79 Å². The quantitative estimate of drug-likeness (QED) is 0.556. The smallest absolute Gasteiger partial charge is 0.221 e. The average Bonchev–Trinajstić information content (AvgIpc) is 2.07. The van der Waals surface area contributed by atoms with E-state index in [4.69, 9.17) is 0 Å². The van der Waals surface area contributed by atoms with E-state index in [2.05, 4.69) is 17.6 Å². The number of nitrogens with one attached hydrogen (secondary N) is 2. The zero-order valence-corrected chi connectivity index (χ0v) is 7.73. The molecule has 3 heteroatoms. The molecule has 1 heterocycles. The second kappa shape index (κ2) is 5.14. The van der Waals surface area contributed by atoms with Crippen LogP contribution in [0.25, 0.3) is 0 Å². The molecule has 1 aliphatic heterocycles. The summed E-state index contributed by atoms with van der Waals surface area (Å²) < 4.78 is 0. The molecule has 1 amide bonds. The van der Waals surface area contributed by atoms with Crippen molar-refractivity contribution in [3.8, 4) is 0 Å². The Balaban J connectivity index is 2.27. The first-order valence-electron chi connectivity index (χ1n) is 4.76. The maximum atomic E-state index is 11.1. The summed E-state index contributed by atoms with van der Waals surface area (Å²) in [6.07, 6.45) is 3.04. The predicted molar refractivity (Wildman–Crippen MR) is 48.9 cm³/mol. The van der Waals surface area contributed by atoms with Gasteiger partial charge in [-0.25, -0.2) is 0 Å². The van der Waals surface area contributed by atoms with Gasteiger partial charge in [0.2, 0.25) is 5.91 Å². The van der Waals surface area contributed by atoms with Crippen molar-refractivity contribution in [1.29, 1.82) is 0 Å². The van der Waals surface area contributed by atoms with Crippen molar-refractivity contribution in [1.82, 2.24) is 10.6 Å². The largest absolute Gasteiger partial charge is 0.356 e. The third-order valence-electron chi connectivity index (χ3n) is 2.23. The molecule has 0 aromatic rings. The normalized spacial score (nSPS) is 27.8. The van der Waals surface area contributed by atoms with E-state index in [9.17, 15) is 4.79 Å². The minimum atomic E-state index is 0.177. The molecule has 0 bridgehead atoms. The summed E-state index contributed by atoms with van der Waals surface area (Å²) in [7, 11) is 0. The molecule has 0 radical (unpaired) electrons. The molecule has 3 nitrogen and oxygen atoms in total. The SMILES string of the molecule is C[C@@H]1CCCNCCC(=O)NC1. The minimum absolute atomic E-state index is 0.177. The zero-order chi connectivity index (χ0) is 8.81. The van der Waals surface area contributed by atoms with Gasteiger partial charge in [0.05, 0.1) is 0 Å². The lowest BCUT2D eigenvalue weighted by molar-refractivity contribution is -0.121. The van der Waals surface area contributed by atoms with Gasteiger partial charge in [0, 0.05) is 19.5 Å². The Kier molecular flexibility index (Phi) is 4.08. The van der Waals surface area contributed by atoms with Crippen LogP contribution >= 0.6 is 0 Å². The lowest BCUT2D eigenvalue weighted by Crippen LogP contribution is -2.33.